The van der Waals surface area contributed by atoms with Gasteiger partial charge in [0.05, 0.1) is 19.3 Å². The highest BCUT2D eigenvalue weighted by molar-refractivity contribution is 5.28. The van der Waals surface area contributed by atoms with Crippen LogP contribution in [0.25, 0.3) is 0 Å². The molecule has 1 saturated carbocycles. The molecule has 2 rings (SSSR count). The van der Waals surface area contributed by atoms with E-state index in [1.54, 1.807) is 0 Å². The van der Waals surface area contributed by atoms with Crippen molar-refractivity contribution in [3.05, 3.63) is 29.8 Å². The second-order valence-electron chi connectivity index (χ2n) is 5.73. The van der Waals surface area contributed by atoms with Crippen LogP contribution in [-0.4, -0.2) is 24.4 Å². The zero-order valence-corrected chi connectivity index (χ0v) is 12.5. The molecule has 0 amide bonds. The van der Waals surface area contributed by atoms with Gasteiger partial charge in [-0.05, 0) is 56.2 Å². The first kappa shape index (κ1) is 15.3. The van der Waals surface area contributed by atoms with E-state index in [4.69, 9.17) is 9.47 Å². The molecule has 0 spiro atoms. The van der Waals surface area contributed by atoms with E-state index >= 15 is 0 Å². The predicted octanol–water partition coefficient (Wildman–Crippen LogP) is 3.71. The molecule has 0 saturated heterocycles. The van der Waals surface area contributed by atoms with E-state index in [9.17, 15) is 5.11 Å². The number of aliphatic hydroxyl groups is 1. The van der Waals surface area contributed by atoms with Gasteiger partial charge in [0.15, 0.2) is 0 Å². The molecule has 3 nitrogen and oxygen atoms in total. The molecule has 1 atom stereocenters. The SMILES string of the molecule is CCOc1ccc(C(O)COC2CCC(C)CC2)cc1. The number of aliphatic hydroxyl groups excluding tert-OH is 1. The van der Waals surface area contributed by atoms with E-state index < -0.39 is 6.10 Å². The molecule has 0 aromatic heterocycles. The van der Waals surface area contributed by atoms with Crippen molar-refractivity contribution in [2.24, 2.45) is 5.92 Å². The van der Waals surface area contributed by atoms with E-state index in [0.717, 1.165) is 30.1 Å². The first-order chi connectivity index (χ1) is 9.69. The van der Waals surface area contributed by atoms with Gasteiger partial charge in [-0.2, -0.15) is 0 Å². The zero-order valence-electron chi connectivity index (χ0n) is 12.5. The van der Waals surface area contributed by atoms with E-state index in [-0.39, 0.29) is 0 Å². The molecule has 1 aliphatic rings. The zero-order chi connectivity index (χ0) is 14.4. The van der Waals surface area contributed by atoms with Crippen LogP contribution in [0.1, 0.15) is 51.2 Å². The second-order valence-corrected chi connectivity index (χ2v) is 5.73. The molecule has 0 heterocycles. The van der Waals surface area contributed by atoms with Crippen LogP contribution in [0.15, 0.2) is 24.3 Å². The summed E-state index contributed by atoms with van der Waals surface area (Å²) in [7, 11) is 0. The van der Waals surface area contributed by atoms with Gasteiger partial charge in [0.2, 0.25) is 0 Å². The average molecular weight is 278 g/mol. The highest BCUT2D eigenvalue weighted by Gasteiger charge is 2.19. The third-order valence-corrected chi connectivity index (χ3v) is 4.03. The van der Waals surface area contributed by atoms with E-state index in [2.05, 4.69) is 6.92 Å². The maximum Gasteiger partial charge on any atom is 0.119 e. The standard InChI is InChI=1S/C17H26O3/c1-3-19-15-10-6-14(7-11-15)17(18)12-20-16-8-4-13(2)5-9-16/h6-7,10-11,13,16-18H,3-5,8-9,12H2,1-2H3. The second kappa shape index (κ2) is 7.65. The quantitative estimate of drug-likeness (QED) is 0.862. The van der Waals surface area contributed by atoms with Crippen molar-refractivity contribution >= 4 is 0 Å². The van der Waals surface area contributed by atoms with Gasteiger partial charge in [0.25, 0.3) is 0 Å². The first-order valence-corrected chi connectivity index (χ1v) is 7.71. The molecule has 1 aromatic carbocycles. The maximum atomic E-state index is 10.2. The largest absolute Gasteiger partial charge is 0.494 e. The van der Waals surface area contributed by atoms with Crippen molar-refractivity contribution in [3.8, 4) is 5.75 Å². The van der Waals surface area contributed by atoms with Crippen LogP contribution < -0.4 is 4.74 Å². The molecule has 0 aliphatic heterocycles. The van der Waals surface area contributed by atoms with Crippen LogP contribution in [0, 0.1) is 5.92 Å². The van der Waals surface area contributed by atoms with E-state index in [0.29, 0.717) is 19.3 Å². The number of hydrogen-bond donors (Lipinski definition) is 1. The minimum atomic E-state index is -0.551. The summed E-state index contributed by atoms with van der Waals surface area (Å²) < 4.78 is 11.2. The molecule has 20 heavy (non-hydrogen) atoms. The fraction of sp³-hybridized carbons (Fsp3) is 0.647. The summed E-state index contributed by atoms with van der Waals surface area (Å²) in [5.74, 6) is 1.66. The molecule has 1 fully saturated rings. The Hall–Kier alpha value is -1.06. The normalized spacial score (nSPS) is 24.4. The van der Waals surface area contributed by atoms with E-state index in [1.807, 2.05) is 31.2 Å². The van der Waals surface area contributed by atoms with Crippen LogP contribution >= 0.6 is 0 Å². The molecule has 112 valence electrons. The van der Waals surface area contributed by atoms with Crippen LogP contribution in [0.2, 0.25) is 0 Å². The lowest BCUT2D eigenvalue weighted by atomic mass is 9.89. The number of benzene rings is 1. The maximum absolute atomic E-state index is 10.2. The Morgan fingerprint density at radius 1 is 1.15 bits per heavy atom. The van der Waals surface area contributed by atoms with Crippen LogP contribution in [-0.2, 0) is 4.74 Å². The summed E-state index contributed by atoms with van der Waals surface area (Å²) in [5.41, 5.74) is 0.887. The molecule has 1 aliphatic carbocycles. The summed E-state index contributed by atoms with van der Waals surface area (Å²) >= 11 is 0. The number of rotatable bonds is 6. The summed E-state index contributed by atoms with van der Waals surface area (Å²) in [5, 5.41) is 10.2. The van der Waals surface area contributed by atoms with Gasteiger partial charge in [0.1, 0.15) is 11.9 Å². The predicted molar refractivity (Wildman–Crippen MR) is 79.9 cm³/mol. The van der Waals surface area contributed by atoms with E-state index in [1.165, 1.54) is 12.8 Å². The number of hydrogen-bond acceptors (Lipinski definition) is 3. The van der Waals surface area contributed by atoms with Crippen LogP contribution in [0.3, 0.4) is 0 Å². The van der Waals surface area contributed by atoms with Gasteiger partial charge >= 0.3 is 0 Å². The molecular weight excluding hydrogens is 252 g/mol. The topological polar surface area (TPSA) is 38.7 Å². The highest BCUT2D eigenvalue weighted by Crippen LogP contribution is 2.26. The smallest absolute Gasteiger partial charge is 0.119 e. The van der Waals surface area contributed by atoms with Gasteiger partial charge in [0, 0.05) is 0 Å². The van der Waals surface area contributed by atoms with Gasteiger partial charge in [-0.3, -0.25) is 0 Å². The Labute approximate surface area is 121 Å². The molecule has 1 aromatic rings. The van der Waals surface area contributed by atoms with Crippen LogP contribution in [0.4, 0.5) is 0 Å². The van der Waals surface area contributed by atoms with Crippen molar-refractivity contribution in [2.75, 3.05) is 13.2 Å². The molecule has 0 bridgehead atoms. The molecule has 1 unspecified atom stereocenters. The fourth-order valence-corrected chi connectivity index (χ4v) is 2.67. The Kier molecular flexibility index (Phi) is 5.86. The third kappa shape index (κ3) is 4.50. The minimum Gasteiger partial charge on any atom is -0.494 e. The molecule has 1 N–H and O–H groups in total. The van der Waals surface area contributed by atoms with Crippen molar-refractivity contribution < 1.29 is 14.6 Å². The molecular formula is C17H26O3. The first-order valence-electron chi connectivity index (χ1n) is 7.71. The Bertz CT molecular complexity index is 380. The fourth-order valence-electron chi connectivity index (χ4n) is 2.67. The Morgan fingerprint density at radius 2 is 1.80 bits per heavy atom. The van der Waals surface area contributed by atoms with Gasteiger partial charge in [-0.25, -0.2) is 0 Å². The summed E-state index contributed by atoms with van der Waals surface area (Å²) in [6, 6.07) is 7.60. The van der Waals surface area contributed by atoms with Gasteiger partial charge in [-0.1, -0.05) is 19.1 Å². The Morgan fingerprint density at radius 3 is 2.40 bits per heavy atom. The van der Waals surface area contributed by atoms with Gasteiger partial charge < -0.3 is 14.6 Å². The lowest BCUT2D eigenvalue weighted by Gasteiger charge is -2.27. The number of ether oxygens (including phenoxy) is 2. The Balaban J connectivity index is 1.77. The van der Waals surface area contributed by atoms with Crippen molar-refractivity contribution in [3.63, 3.8) is 0 Å². The van der Waals surface area contributed by atoms with Crippen molar-refractivity contribution in [1.82, 2.24) is 0 Å². The summed E-state index contributed by atoms with van der Waals surface area (Å²) in [4.78, 5) is 0. The van der Waals surface area contributed by atoms with Crippen LogP contribution in [0.5, 0.6) is 5.75 Å². The molecule has 3 heteroatoms. The monoisotopic (exact) mass is 278 g/mol. The summed E-state index contributed by atoms with van der Waals surface area (Å²) in [6.07, 6.45) is 4.50. The molecule has 0 radical (unpaired) electrons. The van der Waals surface area contributed by atoms with Gasteiger partial charge in [-0.15, -0.1) is 0 Å². The third-order valence-electron chi connectivity index (χ3n) is 4.03. The lowest BCUT2D eigenvalue weighted by Crippen LogP contribution is -2.22. The van der Waals surface area contributed by atoms with Crippen molar-refractivity contribution in [2.45, 2.75) is 51.7 Å². The minimum absolute atomic E-state index is 0.323. The highest BCUT2D eigenvalue weighted by atomic mass is 16.5. The average Bonchev–Trinajstić information content (AvgIpc) is 2.47. The summed E-state index contributed by atoms with van der Waals surface area (Å²) in [6.45, 7) is 5.30. The van der Waals surface area contributed by atoms with Crippen molar-refractivity contribution in [1.29, 1.82) is 0 Å². The lowest BCUT2D eigenvalue weighted by molar-refractivity contribution is -0.0294.